The van der Waals surface area contributed by atoms with Gasteiger partial charge in [0.15, 0.2) is 11.5 Å². The first kappa shape index (κ1) is 27.6. The number of carbonyl (C=O) groups excluding carboxylic acids is 2. The van der Waals surface area contributed by atoms with Crippen molar-refractivity contribution >= 4 is 29.1 Å². The molecule has 0 atom stereocenters. The molecule has 41 heavy (non-hydrogen) atoms. The monoisotopic (exact) mass is 561 g/mol. The normalized spacial score (nSPS) is 15.8. The second kappa shape index (κ2) is 11.7. The maximum atomic E-state index is 13.2. The maximum absolute atomic E-state index is 13.2. The first-order chi connectivity index (χ1) is 19.6. The SMILES string of the molecule is CC1=CC2=C(CCC2)C1.NC(=O)Nc1cc(CNc2ccccc2C(=O)Nc2ccc3c(c2)OC(F)(F)O3)ccn1. The molecule has 0 saturated carbocycles. The number of rotatable bonds is 6. The number of urea groups is 1. The van der Waals surface area contributed by atoms with E-state index < -0.39 is 18.2 Å². The zero-order chi connectivity index (χ0) is 29.0. The van der Waals surface area contributed by atoms with Gasteiger partial charge in [-0.1, -0.05) is 29.4 Å². The maximum Gasteiger partial charge on any atom is 0.586 e. The van der Waals surface area contributed by atoms with Gasteiger partial charge < -0.3 is 25.8 Å². The van der Waals surface area contributed by atoms with E-state index in [2.05, 4.69) is 43.4 Å². The number of amides is 3. The van der Waals surface area contributed by atoms with Crippen molar-refractivity contribution in [3.63, 3.8) is 0 Å². The number of ether oxygens (including phenoxy) is 2. The highest BCUT2D eigenvalue weighted by Gasteiger charge is 2.43. The molecular formula is C30H29F2N5O4. The van der Waals surface area contributed by atoms with E-state index in [9.17, 15) is 18.4 Å². The summed E-state index contributed by atoms with van der Waals surface area (Å²) in [5, 5.41) is 8.20. The zero-order valence-electron chi connectivity index (χ0n) is 22.3. The molecule has 3 aliphatic rings. The number of nitrogens with zero attached hydrogens (tertiary/aromatic N) is 1. The first-order valence-corrected chi connectivity index (χ1v) is 13.1. The molecular weight excluding hydrogens is 532 g/mol. The molecule has 212 valence electrons. The second-order valence-electron chi connectivity index (χ2n) is 9.87. The van der Waals surface area contributed by atoms with Gasteiger partial charge in [0.2, 0.25) is 0 Å². The molecule has 0 saturated heterocycles. The number of nitrogens with one attached hydrogen (secondary N) is 3. The van der Waals surface area contributed by atoms with E-state index in [1.165, 1.54) is 50.1 Å². The Hall–Kier alpha value is -4.93. The molecule has 1 aromatic heterocycles. The van der Waals surface area contributed by atoms with Gasteiger partial charge in [-0.25, -0.2) is 9.78 Å². The van der Waals surface area contributed by atoms with Crippen molar-refractivity contribution in [2.75, 3.05) is 16.0 Å². The molecule has 0 fully saturated rings. The summed E-state index contributed by atoms with van der Waals surface area (Å²) >= 11 is 0. The van der Waals surface area contributed by atoms with Crippen LogP contribution in [0.25, 0.3) is 0 Å². The lowest BCUT2D eigenvalue weighted by Crippen LogP contribution is -2.25. The van der Waals surface area contributed by atoms with Crippen LogP contribution in [0.5, 0.6) is 11.5 Å². The molecule has 3 amide bonds. The fourth-order valence-corrected chi connectivity index (χ4v) is 4.93. The van der Waals surface area contributed by atoms with Gasteiger partial charge >= 0.3 is 12.3 Å². The number of aromatic nitrogens is 1. The molecule has 6 rings (SSSR count). The highest BCUT2D eigenvalue weighted by atomic mass is 19.3. The number of anilines is 3. The second-order valence-corrected chi connectivity index (χ2v) is 9.87. The molecule has 1 aliphatic heterocycles. The van der Waals surface area contributed by atoms with Crippen molar-refractivity contribution in [2.45, 2.75) is 45.4 Å². The van der Waals surface area contributed by atoms with Crippen LogP contribution in [-0.4, -0.2) is 23.2 Å². The average Bonchev–Trinajstić information content (AvgIpc) is 3.59. The van der Waals surface area contributed by atoms with E-state index in [1.54, 1.807) is 53.1 Å². The summed E-state index contributed by atoms with van der Waals surface area (Å²) in [5.74, 6) is -0.435. The van der Waals surface area contributed by atoms with E-state index in [-0.39, 0.29) is 17.2 Å². The quantitative estimate of drug-likeness (QED) is 0.269. The molecule has 0 spiro atoms. The number of pyridine rings is 1. The minimum atomic E-state index is -3.73. The number of benzene rings is 2. The number of halogens is 2. The third kappa shape index (κ3) is 6.99. The first-order valence-electron chi connectivity index (χ1n) is 13.1. The highest BCUT2D eigenvalue weighted by Crippen LogP contribution is 2.42. The number of para-hydroxylation sites is 1. The van der Waals surface area contributed by atoms with Gasteiger partial charge in [-0.2, -0.15) is 0 Å². The van der Waals surface area contributed by atoms with Gasteiger partial charge in [0, 0.05) is 30.2 Å². The van der Waals surface area contributed by atoms with Gasteiger partial charge in [-0.15, -0.1) is 8.78 Å². The van der Waals surface area contributed by atoms with Crippen LogP contribution in [-0.2, 0) is 6.54 Å². The third-order valence-electron chi connectivity index (χ3n) is 6.68. The highest BCUT2D eigenvalue weighted by molar-refractivity contribution is 6.08. The van der Waals surface area contributed by atoms with E-state index in [0.717, 1.165) is 5.56 Å². The summed E-state index contributed by atoms with van der Waals surface area (Å²) in [6, 6.07) is 13.4. The topological polar surface area (TPSA) is 128 Å². The molecule has 0 bridgehead atoms. The smallest absolute Gasteiger partial charge is 0.395 e. The molecule has 9 nitrogen and oxygen atoms in total. The Labute approximate surface area is 235 Å². The summed E-state index contributed by atoms with van der Waals surface area (Å²) < 4.78 is 35.1. The summed E-state index contributed by atoms with van der Waals surface area (Å²) in [7, 11) is 0. The Bertz CT molecular complexity index is 1550. The Morgan fingerprint density at radius 3 is 2.63 bits per heavy atom. The summed E-state index contributed by atoms with van der Waals surface area (Å²) in [6.45, 7) is 2.57. The van der Waals surface area contributed by atoms with Crippen molar-refractivity contribution in [1.29, 1.82) is 0 Å². The van der Waals surface area contributed by atoms with Gasteiger partial charge in [-0.3, -0.25) is 10.1 Å². The zero-order valence-corrected chi connectivity index (χ0v) is 22.3. The number of nitrogens with two attached hydrogens (primary N) is 1. The van der Waals surface area contributed by atoms with Crippen molar-refractivity contribution in [3.8, 4) is 11.5 Å². The molecule has 0 unspecified atom stereocenters. The summed E-state index contributed by atoms with van der Waals surface area (Å²) in [5.41, 5.74) is 12.0. The van der Waals surface area contributed by atoms with E-state index in [4.69, 9.17) is 5.73 Å². The number of primary amides is 1. The lowest BCUT2D eigenvalue weighted by molar-refractivity contribution is -0.286. The minimum absolute atomic E-state index is 0.113. The number of hydrogen-bond acceptors (Lipinski definition) is 6. The number of allylic oxidation sites excluding steroid dienone is 4. The minimum Gasteiger partial charge on any atom is -0.395 e. The largest absolute Gasteiger partial charge is 0.586 e. The van der Waals surface area contributed by atoms with Crippen molar-refractivity contribution in [3.05, 3.63) is 94.7 Å². The fraction of sp³-hybridized carbons (Fsp3) is 0.233. The summed E-state index contributed by atoms with van der Waals surface area (Å²) in [6.07, 6.45) is 5.59. The molecule has 2 aromatic carbocycles. The standard InChI is InChI=1S/C21H17F2N5O4.C9H12/c22-21(23)31-16-6-5-13(10-17(16)32-21)27-19(29)14-3-1-2-4-15(14)26-11-12-7-8-25-18(9-12)28-20(24)30;1-7-5-8-3-2-4-9(8)6-7/h1-10,26H,11H2,(H,27,29)(H3,24,25,28,30);5H,2-4,6H2,1H3. The molecule has 5 N–H and O–H groups in total. The average molecular weight is 562 g/mol. The van der Waals surface area contributed by atoms with E-state index >= 15 is 0 Å². The van der Waals surface area contributed by atoms with Gasteiger partial charge in [0.25, 0.3) is 5.91 Å². The lowest BCUT2D eigenvalue weighted by Gasteiger charge is -2.13. The van der Waals surface area contributed by atoms with Crippen molar-refractivity contribution < 1.29 is 27.8 Å². The van der Waals surface area contributed by atoms with Crippen LogP contribution in [0.4, 0.5) is 30.8 Å². The van der Waals surface area contributed by atoms with Gasteiger partial charge in [0.05, 0.1) is 5.56 Å². The molecule has 2 heterocycles. The number of carbonyl (C=O) groups is 2. The van der Waals surface area contributed by atoms with Crippen LogP contribution in [0.3, 0.4) is 0 Å². The van der Waals surface area contributed by atoms with Crippen LogP contribution >= 0.6 is 0 Å². The number of fused-ring (bicyclic) bond motifs is 1. The third-order valence-corrected chi connectivity index (χ3v) is 6.68. The van der Waals surface area contributed by atoms with E-state index in [1.807, 2.05) is 0 Å². The van der Waals surface area contributed by atoms with Crippen molar-refractivity contribution in [1.82, 2.24) is 4.98 Å². The van der Waals surface area contributed by atoms with Crippen LogP contribution in [0.15, 0.2) is 83.6 Å². The predicted molar refractivity (Wildman–Crippen MR) is 151 cm³/mol. The molecule has 11 heteroatoms. The Kier molecular flexibility index (Phi) is 7.86. The molecule has 2 aliphatic carbocycles. The Morgan fingerprint density at radius 1 is 1.02 bits per heavy atom. The number of alkyl halides is 2. The van der Waals surface area contributed by atoms with Gasteiger partial charge in [-0.05, 0) is 80.1 Å². The molecule has 3 aromatic rings. The molecule has 0 radical (unpaired) electrons. The van der Waals surface area contributed by atoms with E-state index in [0.29, 0.717) is 23.6 Å². The van der Waals surface area contributed by atoms with Crippen LogP contribution < -0.4 is 31.2 Å². The van der Waals surface area contributed by atoms with Crippen LogP contribution in [0, 0.1) is 0 Å². The van der Waals surface area contributed by atoms with Crippen LogP contribution in [0.1, 0.15) is 48.5 Å². The van der Waals surface area contributed by atoms with Crippen molar-refractivity contribution in [2.24, 2.45) is 5.73 Å². The number of hydrogen-bond donors (Lipinski definition) is 4. The summed E-state index contributed by atoms with van der Waals surface area (Å²) in [4.78, 5) is 27.8. The lowest BCUT2D eigenvalue weighted by atomic mass is 10.1. The fourth-order valence-electron chi connectivity index (χ4n) is 4.93. The van der Waals surface area contributed by atoms with Gasteiger partial charge in [0.1, 0.15) is 5.82 Å². The Balaban J connectivity index is 0.000000315. The predicted octanol–water partition coefficient (Wildman–Crippen LogP) is 6.58. The van der Waals surface area contributed by atoms with Crippen LogP contribution in [0.2, 0.25) is 0 Å². The Morgan fingerprint density at radius 2 is 1.83 bits per heavy atom.